The summed E-state index contributed by atoms with van der Waals surface area (Å²) in [5.41, 5.74) is 2.19. The van der Waals surface area contributed by atoms with Crippen molar-refractivity contribution in [1.82, 2.24) is 15.1 Å². The fourth-order valence-electron chi connectivity index (χ4n) is 1.88. The standard InChI is InChI=1S/C14H17N3O2/c1-10-12(8-15-17(10)2)14(19)16-13(9-18)11-6-4-3-5-7-11/h3-8,13,18H,9H2,1-2H3,(H,16,19). The molecule has 2 N–H and O–H groups in total. The zero-order valence-electron chi connectivity index (χ0n) is 11.0. The van der Waals surface area contributed by atoms with Crippen LogP contribution < -0.4 is 5.32 Å². The lowest BCUT2D eigenvalue weighted by molar-refractivity contribution is 0.0915. The van der Waals surface area contributed by atoms with E-state index >= 15 is 0 Å². The van der Waals surface area contributed by atoms with Gasteiger partial charge in [-0.1, -0.05) is 30.3 Å². The molecular formula is C14H17N3O2. The van der Waals surface area contributed by atoms with Gasteiger partial charge in [-0.05, 0) is 12.5 Å². The minimum Gasteiger partial charge on any atom is -0.394 e. The first kappa shape index (κ1) is 13.3. The van der Waals surface area contributed by atoms with Gasteiger partial charge >= 0.3 is 0 Å². The van der Waals surface area contributed by atoms with Crippen LogP contribution in [-0.4, -0.2) is 27.4 Å². The molecule has 5 heteroatoms. The minimum absolute atomic E-state index is 0.144. The van der Waals surface area contributed by atoms with E-state index in [1.165, 1.54) is 6.20 Å². The summed E-state index contributed by atoms with van der Waals surface area (Å²) in [5, 5.41) is 16.3. The highest BCUT2D eigenvalue weighted by molar-refractivity contribution is 5.95. The molecule has 1 aromatic carbocycles. The minimum atomic E-state index is -0.409. The zero-order valence-corrected chi connectivity index (χ0v) is 11.0. The third kappa shape index (κ3) is 2.82. The number of carbonyl (C=O) groups is 1. The Morgan fingerprint density at radius 2 is 2.11 bits per heavy atom. The SMILES string of the molecule is Cc1c(C(=O)NC(CO)c2ccccc2)cnn1C. The molecule has 5 nitrogen and oxygen atoms in total. The van der Waals surface area contributed by atoms with Crippen molar-refractivity contribution in [3.8, 4) is 0 Å². The van der Waals surface area contributed by atoms with E-state index < -0.39 is 6.04 Å². The van der Waals surface area contributed by atoms with E-state index in [1.54, 1.807) is 11.7 Å². The van der Waals surface area contributed by atoms with E-state index in [-0.39, 0.29) is 12.5 Å². The molecule has 19 heavy (non-hydrogen) atoms. The molecule has 1 heterocycles. The fraction of sp³-hybridized carbons (Fsp3) is 0.286. The molecule has 0 fully saturated rings. The molecule has 0 saturated carbocycles. The number of nitrogens with one attached hydrogen (secondary N) is 1. The molecule has 1 aromatic heterocycles. The lowest BCUT2D eigenvalue weighted by Crippen LogP contribution is -2.31. The number of rotatable bonds is 4. The van der Waals surface area contributed by atoms with Gasteiger partial charge < -0.3 is 10.4 Å². The molecule has 0 spiro atoms. The first-order valence-corrected chi connectivity index (χ1v) is 6.08. The lowest BCUT2D eigenvalue weighted by Gasteiger charge is -2.16. The average molecular weight is 259 g/mol. The number of hydrogen-bond acceptors (Lipinski definition) is 3. The van der Waals surface area contributed by atoms with E-state index in [2.05, 4.69) is 10.4 Å². The van der Waals surface area contributed by atoms with E-state index in [0.717, 1.165) is 11.3 Å². The summed E-state index contributed by atoms with van der Waals surface area (Å²) in [6, 6.07) is 8.98. The molecule has 2 aromatic rings. The third-order valence-corrected chi connectivity index (χ3v) is 3.17. The number of aryl methyl sites for hydroxylation is 1. The Bertz CT molecular complexity index is 563. The highest BCUT2D eigenvalue weighted by Crippen LogP contribution is 2.13. The predicted molar refractivity (Wildman–Crippen MR) is 71.7 cm³/mol. The van der Waals surface area contributed by atoms with Crippen molar-refractivity contribution in [3.63, 3.8) is 0 Å². The molecule has 0 bridgehead atoms. The van der Waals surface area contributed by atoms with E-state index in [0.29, 0.717) is 5.56 Å². The molecule has 100 valence electrons. The highest BCUT2D eigenvalue weighted by atomic mass is 16.3. The van der Waals surface area contributed by atoms with Gasteiger partial charge in [-0.2, -0.15) is 5.10 Å². The Kier molecular flexibility index (Phi) is 3.97. The van der Waals surface area contributed by atoms with Crippen molar-refractivity contribution in [1.29, 1.82) is 0 Å². The molecule has 2 rings (SSSR count). The Morgan fingerprint density at radius 3 is 2.63 bits per heavy atom. The van der Waals surface area contributed by atoms with Crippen molar-refractivity contribution in [2.45, 2.75) is 13.0 Å². The Labute approximate surface area is 111 Å². The maximum Gasteiger partial charge on any atom is 0.255 e. The maximum atomic E-state index is 12.1. The molecule has 0 aliphatic carbocycles. The number of aromatic nitrogens is 2. The summed E-state index contributed by atoms with van der Waals surface area (Å²) in [5.74, 6) is -0.228. The van der Waals surface area contributed by atoms with Gasteiger partial charge in [0.1, 0.15) is 0 Å². The van der Waals surface area contributed by atoms with Gasteiger partial charge in [-0.15, -0.1) is 0 Å². The Morgan fingerprint density at radius 1 is 1.42 bits per heavy atom. The van der Waals surface area contributed by atoms with Gasteiger partial charge in [-0.25, -0.2) is 0 Å². The molecular weight excluding hydrogens is 242 g/mol. The number of aliphatic hydroxyl groups excluding tert-OH is 1. The summed E-state index contributed by atoms with van der Waals surface area (Å²) in [4.78, 5) is 12.1. The van der Waals surface area contributed by atoms with Gasteiger partial charge in [0.15, 0.2) is 0 Å². The Hall–Kier alpha value is -2.14. The van der Waals surface area contributed by atoms with E-state index in [9.17, 15) is 9.90 Å². The van der Waals surface area contributed by atoms with Crippen molar-refractivity contribution in [3.05, 3.63) is 53.3 Å². The van der Waals surface area contributed by atoms with Crippen LogP contribution in [0.15, 0.2) is 36.5 Å². The molecule has 1 unspecified atom stereocenters. The smallest absolute Gasteiger partial charge is 0.255 e. The molecule has 1 atom stereocenters. The molecule has 0 aliphatic heterocycles. The van der Waals surface area contributed by atoms with Crippen LogP contribution in [0.4, 0.5) is 0 Å². The molecule has 1 amide bonds. The quantitative estimate of drug-likeness (QED) is 0.866. The van der Waals surface area contributed by atoms with E-state index in [4.69, 9.17) is 0 Å². The van der Waals surface area contributed by atoms with Crippen LogP contribution in [0.5, 0.6) is 0 Å². The van der Waals surface area contributed by atoms with Crippen molar-refractivity contribution < 1.29 is 9.90 Å². The van der Waals surface area contributed by atoms with Gasteiger partial charge in [0, 0.05) is 12.7 Å². The van der Waals surface area contributed by atoms with Crippen molar-refractivity contribution in [2.75, 3.05) is 6.61 Å². The van der Waals surface area contributed by atoms with Crippen molar-refractivity contribution >= 4 is 5.91 Å². The number of aliphatic hydroxyl groups is 1. The summed E-state index contributed by atoms with van der Waals surface area (Å²) in [7, 11) is 1.78. The van der Waals surface area contributed by atoms with Crippen LogP contribution in [0.3, 0.4) is 0 Å². The predicted octanol–water partition coefficient (Wildman–Crippen LogP) is 1.19. The molecule has 0 aliphatic rings. The summed E-state index contributed by atoms with van der Waals surface area (Å²) >= 11 is 0. The first-order chi connectivity index (χ1) is 9.13. The second-order valence-electron chi connectivity index (χ2n) is 4.39. The summed E-state index contributed by atoms with van der Waals surface area (Å²) < 4.78 is 1.64. The van der Waals surface area contributed by atoms with Crippen LogP contribution in [0.25, 0.3) is 0 Å². The first-order valence-electron chi connectivity index (χ1n) is 6.08. The summed E-state index contributed by atoms with van der Waals surface area (Å²) in [6.07, 6.45) is 1.53. The van der Waals surface area contributed by atoms with Crippen LogP contribution in [0.1, 0.15) is 27.7 Å². The van der Waals surface area contributed by atoms with Gasteiger partial charge in [-0.3, -0.25) is 9.48 Å². The van der Waals surface area contributed by atoms with Crippen LogP contribution in [-0.2, 0) is 7.05 Å². The Balaban J connectivity index is 2.15. The average Bonchev–Trinajstić information content (AvgIpc) is 2.77. The van der Waals surface area contributed by atoms with Gasteiger partial charge in [0.25, 0.3) is 5.91 Å². The second kappa shape index (κ2) is 5.67. The van der Waals surface area contributed by atoms with E-state index in [1.807, 2.05) is 37.3 Å². The molecule has 0 saturated heterocycles. The number of amides is 1. The zero-order chi connectivity index (χ0) is 13.8. The van der Waals surface area contributed by atoms with Gasteiger partial charge in [0.2, 0.25) is 0 Å². The van der Waals surface area contributed by atoms with Crippen molar-refractivity contribution in [2.24, 2.45) is 7.05 Å². The lowest BCUT2D eigenvalue weighted by atomic mass is 10.1. The number of nitrogens with zero attached hydrogens (tertiary/aromatic N) is 2. The third-order valence-electron chi connectivity index (χ3n) is 3.17. The highest BCUT2D eigenvalue weighted by Gasteiger charge is 2.17. The van der Waals surface area contributed by atoms with Gasteiger partial charge in [0.05, 0.1) is 24.4 Å². The second-order valence-corrected chi connectivity index (χ2v) is 4.39. The topological polar surface area (TPSA) is 67.2 Å². The normalized spacial score (nSPS) is 12.2. The number of carbonyl (C=O) groups excluding carboxylic acids is 1. The number of benzene rings is 1. The fourth-order valence-corrected chi connectivity index (χ4v) is 1.88. The molecule has 0 radical (unpaired) electrons. The van der Waals surface area contributed by atoms with Crippen LogP contribution >= 0.6 is 0 Å². The summed E-state index contributed by atoms with van der Waals surface area (Å²) in [6.45, 7) is 1.69. The monoisotopic (exact) mass is 259 g/mol. The van der Waals surface area contributed by atoms with Crippen LogP contribution in [0, 0.1) is 6.92 Å². The maximum absolute atomic E-state index is 12.1. The van der Waals surface area contributed by atoms with Crippen LogP contribution in [0.2, 0.25) is 0 Å². The number of hydrogen-bond donors (Lipinski definition) is 2. The largest absolute Gasteiger partial charge is 0.394 e.